The maximum Gasteiger partial charge on any atom is 0.272 e. The summed E-state index contributed by atoms with van der Waals surface area (Å²) in [7, 11) is -1.44. The molecular formula is C14H13FN2O3S. The van der Waals surface area contributed by atoms with E-state index < -0.39 is 21.5 Å². The Bertz CT molecular complexity index is 706. The van der Waals surface area contributed by atoms with E-state index in [1.807, 2.05) is 0 Å². The first kappa shape index (κ1) is 15.1. The van der Waals surface area contributed by atoms with E-state index in [0.717, 1.165) is 6.07 Å². The quantitative estimate of drug-likeness (QED) is 0.522. The third kappa shape index (κ3) is 3.63. The van der Waals surface area contributed by atoms with Gasteiger partial charge < -0.3 is 5.73 Å². The number of hydrogen-bond donors (Lipinski definition) is 1. The highest BCUT2D eigenvalue weighted by Gasteiger charge is 2.15. The topological polar surface area (TPSA) is 86.2 Å². The van der Waals surface area contributed by atoms with Crippen LogP contribution in [0, 0.1) is 15.9 Å². The number of nitrogens with two attached hydrogens (primary N) is 1. The first-order valence-corrected chi connectivity index (χ1v) is 7.46. The fourth-order valence-electron chi connectivity index (χ4n) is 1.94. The zero-order valence-corrected chi connectivity index (χ0v) is 11.8. The van der Waals surface area contributed by atoms with Crippen molar-refractivity contribution in [2.45, 2.75) is 11.3 Å². The summed E-state index contributed by atoms with van der Waals surface area (Å²) in [6.07, 6.45) is 0.278. The smallest absolute Gasteiger partial charge is 0.272 e. The lowest BCUT2D eigenvalue weighted by Gasteiger charge is -2.06. The zero-order chi connectivity index (χ0) is 15.4. The highest BCUT2D eigenvalue weighted by Crippen LogP contribution is 2.21. The Kier molecular flexibility index (Phi) is 4.64. The predicted molar refractivity (Wildman–Crippen MR) is 78.9 cm³/mol. The number of nitrogens with zero attached hydrogens (tertiary/aromatic N) is 1. The predicted octanol–water partition coefficient (Wildman–Crippen LogP) is 2.67. The van der Waals surface area contributed by atoms with Gasteiger partial charge in [0.25, 0.3) is 5.69 Å². The lowest BCUT2D eigenvalue weighted by molar-refractivity contribution is -0.385. The van der Waals surface area contributed by atoms with Gasteiger partial charge in [-0.2, -0.15) is 0 Å². The lowest BCUT2D eigenvalue weighted by Crippen LogP contribution is -2.06. The van der Waals surface area contributed by atoms with Gasteiger partial charge >= 0.3 is 0 Å². The molecule has 1 atom stereocenters. The first-order valence-electron chi connectivity index (χ1n) is 6.14. The molecule has 7 heteroatoms. The Balaban J connectivity index is 2.13. The number of nitro groups is 1. The lowest BCUT2D eigenvalue weighted by atomic mass is 10.1. The molecule has 0 fully saturated rings. The van der Waals surface area contributed by atoms with Crippen LogP contribution in [0.2, 0.25) is 0 Å². The minimum absolute atomic E-state index is 0.00146. The van der Waals surface area contributed by atoms with E-state index in [0.29, 0.717) is 10.5 Å². The van der Waals surface area contributed by atoms with Crippen LogP contribution in [0.5, 0.6) is 0 Å². The summed E-state index contributed by atoms with van der Waals surface area (Å²) in [5, 5.41) is 10.9. The molecule has 21 heavy (non-hydrogen) atoms. The monoisotopic (exact) mass is 308 g/mol. The molecule has 0 spiro atoms. The number of rotatable bonds is 5. The first-order chi connectivity index (χ1) is 9.99. The van der Waals surface area contributed by atoms with Crippen molar-refractivity contribution in [3.63, 3.8) is 0 Å². The van der Waals surface area contributed by atoms with Gasteiger partial charge in [-0.15, -0.1) is 0 Å². The molecule has 1 unspecified atom stereocenters. The van der Waals surface area contributed by atoms with Crippen molar-refractivity contribution in [1.29, 1.82) is 0 Å². The normalized spacial score (nSPS) is 12.0. The van der Waals surface area contributed by atoms with E-state index in [1.165, 1.54) is 18.2 Å². The molecule has 5 nitrogen and oxygen atoms in total. The summed E-state index contributed by atoms with van der Waals surface area (Å²) >= 11 is 0. The minimum Gasteiger partial charge on any atom is -0.398 e. The average molecular weight is 308 g/mol. The molecule has 0 aliphatic carbocycles. The Labute approximate surface area is 123 Å². The van der Waals surface area contributed by atoms with Gasteiger partial charge in [0.1, 0.15) is 5.82 Å². The average Bonchev–Trinajstić information content (AvgIpc) is 2.45. The molecule has 2 aromatic rings. The van der Waals surface area contributed by atoms with Gasteiger partial charge in [0.2, 0.25) is 0 Å². The molecule has 0 saturated carbocycles. The number of aryl methyl sites for hydroxylation is 1. The largest absolute Gasteiger partial charge is 0.398 e. The van der Waals surface area contributed by atoms with Gasteiger partial charge in [-0.1, -0.05) is 18.2 Å². The third-order valence-corrected chi connectivity index (χ3v) is 4.40. The molecule has 0 heterocycles. The summed E-state index contributed by atoms with van der Waals surface area (Å²) in [5.74, 6) is -0.312. The van der Waals surface area contributed by atoms with E-state index in [9.17, 15) is 18.7 Å². The summed E-state index contributed by atoms with van der Waals surface area (Å²) in [4.78, 5) is 10.8. The molecule has 110 valence electrons. The van der Waals surface area contributed by atoms with Crippen molar-refractivity contribution in [3.05, 3.63) is 64.0 Å². The van der Waals surface area contributed by atoms with Crippen LogP contribution >= 0.6 is 0 Å². The number of benzene rings is 2. The highest BCUT2D eigenvalue weighted by atomic mass is 32.2. The SMILES string of the molecule is Nc1cc(F)ccc1S(=O)CCc1ccccc1[N+](=O)[O-]. The molecule has 2 aromatic carbocycles. The summed E-state index contributed by atoms with van der Waals surface area (Å²) in [6, 6.07) is 9.98. The molecule has 0 aliphatic heterocycles. The number of nitrogen functional groups attached to an aromatic ring is 1. The van der Waals surface area contributed by atoms with Gasteiger partial charge in [0, 0.05) is 17.4 Å². The van der Waals surface area contributed by atoms with Crippen LogP contribution in [0.25, 0.3) is 0 Å². The molecular weight excluding hydrogens is 295 g/mol. The molecule has 0 aromatic heterocycles. The number of halogens is 1. The van der Waals surface area contributed by atoms with E-state index in [4.69, 9.17) is 5.73 Å². The van der Waals surface area contributed by atoms with Crippen molar-refractivity contribution in [2.75, 3.05) is 11.5 Å². The maximum absolute atomic E-state index is 12.9. The Morgan fingerprint density at radius 1 is 1.24 bits per heavy atom. The van der Waals surface area contributed by atoms with Crippen molar-refractivity contribution >= 4 is 22.2 Å². The van der Waals surface area contributed by atoms with Crippen LogP contribution in [0.3, 0.4) is 0 Å². The fraction of sp³-hybridized carbons (Fsp3) is 0.143. The van der Waals surface area contributed by atoms with E-state index >= 15 is 0 Å². The van der Waals surface area contributed by atoms with Gasteiger partial charge in [-0.25, -0.2) is 4.39 Å². The highest BCUT2D eigenvalue weighted by molar-refractivity contribution is 7.85. The summed E-state index contributed by atoms with van der Waals surface area (Å²) in [6.45, 7) is 0. The van der Waals surface area contributed by atoms with Crippen LogP contribution in [0.15, 0.2) is 47.4 Å². The van der Waals surface area contributed by atoms with Crippen LogP contribution < -0.4 is 5.73 Å². The number of nitro benzene ring substituents is 1. The molecule has 2 rings (SSSR count). The van der Waals surface area contributed by atoms with Crippen LogP contribution in [0.1, 0.15) is 5.56 Å². The van der Waals surface area contributed by atoms with Gasteiger partial charge in [0.15, 0.2) is 0 Å². The molecule has 0 bridgehead atoms. The zero-order valence-electron chi connectivity index (χ0n) is 11.0. The van der Waals surface area contributed by atoms with Crippen molar-refractivity contribution in [3.8, 4) is 0 Å². The molecule has 0 saturated heterocycles. The molecule has 0 radical (unpaired) electrons. The minimum atomic E-state index is -1.44. The van der Waals surface area contributed by atoms with Crippen LogP contribution in [-0.4, -0.2) is 14.9 Å². The molecule has 2 N–H and O–H groups in total. The number of anilines is 1. The van der Waals surface area contributed by atoms with Gasteiger partial charge in [0.05, 0.1) is 26.3 Å². The second kappa shape index (κ2) is 6.45. The van der Waals surface area contributed by atoms with Crippen LogP contribution in [-0.2, 0) is 17.2 Å². The Morgan fingerprint density at radius 3 is 2.62 bits per heavy atom. The van der Waals surface area contributed by atoms with Crippen LogP contribution in [0.4, 0.5) is 15.8 Å². The van der Waals surface area contributed by atoms with E-state index in [1.54, 1.807) is 18.2 Å². The standard InChI is InChI=1S/C14H13FN2O3S/c15-11-5-6-14(12(16)9-11)21(20)8-7-10-3-1-2-4-13(10)17(18)19/h1-6,9H,7-8,16H2. The van der Waals surface area contributed by atoms with Crippen molar-refractivity contribution < 1.29 is 13.5 Å². The van der Waals surface area contributed by atoms with Crippen molar-refractivity contribution in [1.82, 2.24) is 0 Å². The maximum atomic E-state index is 12.9. The van der Waals surface area contributed by atoms with Gasteiger partial charge in [-0.3, -0.25) is 14.3 Å². The number of hydrogen-bond acceptors (Lipinski definition) is 4. The van der Waals surface area contributed by atoms with E-state index in [2.05, 4.69) is 0 Å². The third-order valence-electron chi connectivity index (χ3n) is 2.96. The number of para-hydroxylation sites is 1. The van der Waals surface area contributed by atoms with Gasteiger partial charge in [-0.05, 0) is 24.6 Å². The second-order valence-corrected chi connectivity index (χ2v) is 5.91. The molecule has 0 aliphatic rings. The Hall–Kier alpha value is -2.28. The molecule has 0 amide bonds. The summed E-state index contributed by atoms with van der Waals surface area (Å²) in [5.41, 5.74) is 6.26. The summed E-state index contributed by atoms with van der Waals surface area (Å²) < 4.78 is 25.1. The van der Waals surface area contributed by atoms with E-state index in [-0.39, 0.29) is 23.5 Å². The Morgan fingerprint density at radius 2 is 1.95 bits per heavy atom. The fourth-order valence-corrected chi connectivity index (χ4v) is 3.11. The second-order valence-electron chi connectivity index (χ2n) is 4.37. The van der Waals surface area contributed by atoms with Crippen molar-refractivity contribution in [2.24, 2.45) is 0 Å².